The molecule has 0 aromatic heterocycles. The molecule has 0 aliphatic rings. The molecule has 0 saturated carbocycles. The van der Waals surface area contributed by atoms with Crippen LogP contribution in [0.1, 0.15) is 39.4 Å². The van der Waals surface area contributed by atoms with Crippen molar-refractivity contribution in [3.05, 3.63) is 29.6 Å². The van der Waals surface area contributed by atoms with Gasteiger partial charge in [0, 0.05) is 12.6 Å². The first kappa shape index (κ1) is 16.4. The highest BCUT2D eigenvalue weighted by Gasteiger charge is 2.15. The highest BCUT2D eigenvalue weighted by molar-refractivity contribution is 5.81. The summed E-state index contributed by atoms with van der Waals surface area (Å²) in [6.07, 6.45) is -0.710. The van der Waals surface area contributed by atoms with Gasteiger partial charge in [0.1, 0.15) is 5.82 Å². The van der Waals surface area contributed by atoms with Crippen molar-refractivity contribution < 1.29 is 14.3 Å². The van der Waals surface area contributed by atoms with Crippen molar-refractivity contribution in [2.45, 2.75) is 39.8 Å². The summed E-state index contributed by atoms with van der Waals surface area (Å²) in [5.74, 6) is -0.566. The lowest BCUT2D eigenvalue weighted by Gasteiger charge is -2.24. The number of hydrogen-bond donors (Lipinski definition) is 2. The van der Waals surface area contributed by atoms with E-state index >= 15 is 0 Å². The van der Waals surface area contributed by atoms with Crippen molar-refractivity contribution in [3.8, 4) is 0 Å². The van der Waals surface area contributed by atoms with Crippen molar-refractivity contribution in [3.63, 3.8) is 0 Å². The molecule has 1 amide bonds. The number of amides is 1. The second-order valence-corrected chi connectivity index (χ2v) is 5.12. The average Bonchev–Trinajstić information content (AvgIpc) is 2.35. The Labute approximate surface area is 119 Å². The molecule has 0 saturated heterocycles. The molecule has 0 aliphatic carbocycles. The number of carbonyl (C=O) groups excluding carboxylic acids is 1. The first-order chi connectivity index (χ1) is 9.35. The Kier molecular flexibility index (Phi) is 5.95. The lowest BCUT2D eigenvalue weighted by atomic mass is 10.1. The third-order valence-electron chi connectivity index (χ3n) is 2.96. The number of hydrogen-bond acceptors (Lipinski definition) is 3. The van der Waals surface area contributed by atoms with Gasteiger partial charge < -0.3 is 15.3 Å². The molecule has 1 aromatic rings. The molecule has 0 aliphatic heterocycles. The Balaban J connectivity index is 2.87. The molecule has 0 spiro atoms. The van der Waals surface area contributed by atoms with Crippen LogP contribution < -0.4 is 10.2 Å². The van der Waals surface area contributed by atoms with Crippen LogP contribution in [0.15, 0.2) is 18.2 Å². The standard InChI is InChI=1S/C15H23FN2O2/c1-5-18(9-15(20)17-10(2)3)14-7-6-12(11(4)19)8-13(14)16/h6-8,10-11,19H,5,9H2,1-4H3,(H,17,20)/t11-/m0/s1. The van der Waals surface area contributed by atoms with E-state index in [1.807, 2.05) is 20.8 Å². The van der Waals surface area contributed by atoms with Crippen LogP contribution in [0.3, 0.4) is 0 Å². The number of carbonyl (C=O) groups is 1. The van der Waals surface area contributed by atoms with Crippen molar-refractivity contribution in [1.29, 1.82) is 0 Å². The van der Waals surface area contributed by atoms with Gasteiger partial charge in [0.2, 0.25) is 5.91 Å². The van der Waals surface area contributed by atoms with Gasteiger partial charge in [0.25, 0.3) is 0 Å². The number of nitrogens with zero attached hydrogens (tertiary/aromatic N) is 1. The molecule has 0 bridgehead atoms. The van der Waals surface area contributed by atoms with Crippen LogP contribution in [0.5, 0.6) is 0 Å². The summed E-state index contributed by atoms with van der Waals surface area (Å²) in [5.41, 5.74) is 0.893. The molecule has 4 nitrogen and oxygen atoms in total. The number of anilines is 1. The molecule has 0 fully saturated rings. The summed E-state index contributed by atoms with van der Waals surface area (Å²) < 4.78 is 14.1. The zero-order chi connectivity index (χ0) is 15.3. The molecule has 0 radical (unpaired) electrons. The topological polar surface area (TPSA) is 52.6 Å². The summed E-state index contributed by atoms with van der Waals surface area (Å²) in [5, 5.41) is 12.2. The van der Waals surface area contributed by atoms with Crippen LogP contribution in [-0.4, -0.2) is 30.1 Å². The normalized spacial score (nSPS) is 12.3. The SMILES string of the molecule is CCN(CC(=O)NC(C)C)c1ccc([C@H](C)O)cc1F. The second kappa shape index (κ2) is 7.24. The number of likely N-dealkylation sites (N-methyl/N-ethyl adjacent to an activating group) is 1. The Hall–Kier alpha value is -1.62. The quantitative estimate of drug-likeness (QED) is 0.841. The highest BCUT2D eigenvalue weighted by atomic mass is 19.1. The van der Waals surface area contributed by atoms with Gasteiger partial charge in [-0.05, 0) is 45.4 Å². The minimum atomic E-state index is -0.710. The van der Waals surface area contributed by atoms with Gasteiger partial charge in [0.15, 0.2) is 0 Å². The Bertz CT molecular complexity index is 461. The van der Waals surface area contributed by atoms with Crippen molar-refractivity contribution in [1.82, 2.24) is 5.32 Å². The van der Waals surface area contributed by atoms with Gasteiger partial charge in [-0.25, -0.2) is 4.39 Å². The van der Waals surface area contributed by atoms with Gasteiger partial charge in [-0.15, -0.1) is 0 Å². The molecule has 2 N–H and O–H groups in total. The number of aliphatic hydroxyl groups excluding tert-OH is 1. The molecule has 112 valence electrons. The maximum Gasteiger partial charge on any atom is 0.239 e. The maximum atomic E-state index is 14.1. The molecule has 0 unspecified atom stereocenters. The first-order valence-electron chi connectivity index (χ1n) is 6.87. The van der Waals surface area contributed by atoms with E-state index in [0.717, 1.165) is 0 Å². The number of nitrogens with one attached hydrogen (secondary N) is 1. The number of rotatable bonds is 6. The second-order valence-electron chi connectivity index (χ2n) is 5.12. The minimum absolute atomic E-state index is 0.0590. The molecule has 1 atom stereocenters. The van der Waals surface area contributed by atoms with Crippen molar-refractivity contribution in [2.75, 3.05) is 18.0 Å². The van der Waals surface area contributed by atoms with Crippen LogP contribution in [0.4, 0.5) is 10.1 Å². The largest absolute Gasteiger partial charge is 0.389 e. The van der Waals surface area contributed by atoms with Crippen molar-refractivity contribution in [2.24, 2.45) is 0 Å². The van der Waals surface area contributed by atoms with E-state index in [1.165, 1.54) is 6.07 Å². The van der Waals surface area contributed by atoms with Crippen LogP contribution >= 0.6 is 0 Å². The summed E-state index contributed by atoms with van der Waals surface area (Å²) in [6, 6.07) is 4.64. The average molecular weight is 282 g/mol. The fourth-order valence-electron chi connectivity index (χ4n) is 1.95. The van der Waals surface area contributed by atoms with E-state index in [0.29, 0.717) is 17.8 Å². The molecule has 0 heterocycles. The van der Waals surface area contributed by atoms with Gasteiger partial charge in [-0.3, -0.25) is 4.79 Å². The van der Waals surface area contributed by atoms with E-state index in [4.69, 9.17) is 0 Å². The summed E-state index contributed by atoms with van der Waals surface area (Å²) >= 11 is 0. The van der Waals surface area contributed by atoms with E-state index in [9.17, 15) is 14.3 Å². The Morgan fingerprint density at radius 3 is 2.50 bits per heavy atom. The predicted octanol–water partition coefficient (Wildman–Crippen LogP) is 2.23. The zero-order valence-electron chi connectivity index (χ0n) is 12.5. The number of benzene rings is 1. The molecule has 1 rings (SSSR count). The Morgan fingerprint density at radius 2 is 2.05 bits per heavy atom. The lowest BCUT2D eigenvalue weighted by molar-refractivity contribution is -0.120. The molecule has 5 heteroatoms. The van der Waals surface area contributed by atoms with E-state index in [2.05, 4.69) is 5.32 Å². The van der Waals surface area contributed by atoms with Gasteiger partial charge >= 0.3 is 0 Å². The summed E-state index contributed by atoms with van der Waals surface area (Å²) in [6.45, 7) is 7.85. The number of halogens is 1. The number of aliphatic hydroxyl groups is 1. The molecule has 20 heavy (non-hydrogen) atoms. The smallest absolute Gasteiger partial charge is 0.239 e. The van der Waals surface area contributed by atoms with Crippen molar-refractivity contribution >= 4 is 11.6 Å². The maximum absolute atomic E-state index is 14.1. The van der Waals surface area contributed by atoms with Gasteiger partial charge in [0.05, 0.1) is 18.3 Å². The zero-order valence-corrected chi connectivity index (χ0v) is 12.5. The molecular formula is C15H23FN2O2. The van der Waals surface area contributed by atoms with Crippen LogP contribution in [0.2, 0.25) is 0 Å². The van der Waals surface area contributed by atoms with E-state index in [-0.39, 0.29) is 18.5 Å². The minimum Gasteiger partial charge on any atom is -0.389 e. The third kappa shape index (κ3) is 4.49. The van der Waals surface area contributed by atoms with Crippen LogP contribution in [-0.2, 0) is 4.79 Å². The third-order valence-corrected chi connectivity index (χ3v) is 2.96. The summed E-state index contributed by atoms with van der Waals surface area (Å²) in [4.78, 5) is 13.4. The molecular weight excluding hydrogens is 259 g/mol. The Morgan fingerprint density at radius 1 is 1.40 bits per heavy atom. The van der Waals surface area contributed by atoms with E-state index < -0.39 is 11.9 Å². The van der Waals surface area contributed by atoms with Gasteiger partial charge in [-0.2, -0.15) is 0 Å². The monoisotopic (exact) mass is 282 g/mol. The highest BCUT2D eigenvalue weighted by Crippen LogP contribution is 2.23. The molecule has 1 aromatic carbocycles. The van der Waals surface area contributed by atoms with Gasteiger partial charge in [-0.1, -0.05) is 6.07 Å². The van der Waals surface area contributed by atoms with E-state index in [1.54, 1.807) is 24.0 Å². The summed E-state index contributed by atoms with van der Waals surface area (Å²) in [7, 11) is 0. The lowest BCUT2D eigenvalue weighted by Crippen LogP contribution is -2.40. The fourth-order valence-corrected chi connectivity index (χ4v) is 1.95. The van der Waals surface area contributed by atoms with Crippen LogP contribution in [0, 0.1) is 5.82 Å². The first-order valence-corrected chi connectivity index (χ1v) is 6.87. The van der Waals surface area contributed by atoms with Crippen LogP contribution in [0.25, 0.3) is 0 Å². The fraction of sp³-hybridized carbons (Fsp3) is 0.533. The predicted molar refractivity (Wildman–Crippen MR) is 78.2 cm³/mol.